The number of aliphatic hydroxyl groups is 2. The van der Waals surface area contributed by atoms with Crippen LogP contribution in [0.15, 0.2) is 18.2 Å². The number of aliphatic hydroxyl groups excluding tert-OH is 2. The summed E-state index contributed by atoms with van der Waals surface area (Å²) in [7, 11) is 0. The molecule has 0 fully saturated rings. The normalized spacial score (nSPS) is 11.7. The Labute approximate surface area is 90.0 Å². The lowest BCUT2D eigenvalue weighted by molar-refractivity contribution is 0.103. The number of nitrogens with zero attached hydrogens (tertiary/aromatic N) is 1. The Balaban J connectivity index is 2.56. The average Bonchev–Trinajstić information content (AvgIpc) is 2.26. The molecule has 0 saturated heterocycles. The third kappa shape index (κ3) is 3.58. The van der Waals surface area contributed by atoms with E-state index in [4.69, 9.17) is 10.2 Å². The van der Waals surface area contributed by atoms with Crippen molar-refractivity contribution in [1.82, 2.24) is 10.3 Å². The molecule has 0 radical (unpaired) electrons. The summed E-state index contributed by atoms with van der Waals surface area (Å²) in [6, 6.07) is 5.78. The minimum Gasteiger partial charge on any atom is -0.394 e. The predicted molar refractivity (Wildman–Crippen MR) is 58.4 cm³/mol. The standard InChI is InChI=1S/C11H18N2O2/c1-9-4-3-5-10(13-9)6-12-11(2,7-14)8-15/h3-5,12,14-15H,6-8H2,1-2H3. The lowest BCUT2D eigenvalue weighted by Crippen LogP contribution is -2.48. The number of hydrogen-bond acceptors (Lipinski definition) is 4. The zero-order valence-electron chi connectivity index (χ0n) is 9.20. The molecule has 1 heterocycles. The average molecular weight is 210 g/mol. The monoisotopic (exact) mass is 210 g/mol. The molecule has 0 amide bonds. The van der Waals surface area contributed by atoms with E-state index in [-0.39, 0.29) is 13.2 Å². The second kappa shape index (κ2) is 5.21. The van der Waals surface area contributed by atoms with Gasteiger partial charge in [0.05, 0.1) is 24.4 Å². The van der Waals surface area contributed by atoms with Crippen LogP contribution in [0.5, 0.6) is 0 Å². The lowest BCUT2D eigenvalue weighted by Gasteiger charge is -2.26. The van der Waals surface area contributed by atoms with Crippen LogP contribution in [0.3, 0.4) is 0 Å². The number of nitrogens with one attached hydrogen (secondary N) is 1. The first kappa shape index (κ1) is 12.1. The molecule has 1 aromatic rings. The summed E-state index contributed by atoms with van der Waals surface area (Å²) in [4.78, 5) is 4.32. The highest BCUT2D eigenvalue weighted by atomic mass is 16.3. The van der Waals surface area contributed by atoms with Crippen molar-refractivity contribution in [2.75, 3.05) is 13.2 Å². The van der Waals surface area contributed by atoms with Crippen molar-refractivity contribution < 1.29 is 10.2 Å². The Morgan fingerprint density at radius 2 is 2.00 bits per heavy atom. The molecule has 4 nitrogen and oxygen atoms in total. The molecule has 0 unspecified atom stereocenters. The molecule has 0 spiro atoms. The van der Waals surface area contributed by atoms with Gasteiger partial charge in [-0.25, -0.2) is 0 Å². The minimum atomic E-state index is -0.647. The molecule has 3 N–H and O–H groups in total. The molecule has 0 aliphatic rings. The topological polar surface area (TPSA) is 65.4 Å². The van der Waals surface area contributed by atoms with E-state index >= 15 is 0 Å². The minimum absolute atomic E-state index is 0.102. The van der Waals surface area contributed by atoms with Crippen LogP contribution in [0.1, 0.15) is 18.3 Å². The van der Waals surface area contributed by atoms with E-state index in [0.29, 0.717) is 6.54 Å². The predicted octanol–water partition coefficient (Wildman–Crippen LogP) is 0.223. The van der Waals surface area contributed by atoms with Crippen molar-refractivity contribution >= 4 is 0 Å². The third-order valence-corrected chi connectivity index (χ3v) is 2.34. The molecule has 0 saturated carbocycles. The second-order valence-electron chi connectivity index (χ2n) is 4.00. The Kier molecular flexibility index (Phi) is 4.20. The van der Waals surface area contributed by atoms with Gasteiger partial charge < -0.3 is 15.5 Å². The van der Waals surface area contributed by atoms with Gasteiger partial charge in [-0.1, -0.05) is 6.07 Å². The lowest BCUT2D eigenvalue weighted by atomic mass is 10.1. The maximum atomic E-state index is 9.07. The SMILES string of the molecule is Cc1cccc(CNC(C)(CO)CO)n1. The van der Waals surface area contributed by atoms with Crippen molar-refractivity contribution in [2.24, 2.45) is 0 Å². The van der Waals surface area contributed by atoms with E-state index < -0.39 is 5.54 Å². The molecule has 0 bridgehead atoms. The first-order valence-corrected chi connectivity index (χ1v) is 4.99. The van der Waals surface area contributed by atoms with E-state index in [1.807, 2.05) is 25.1 Å². The second-order valence-corrected chi connectivity index (χ2v) is 4.00. The van der Waals surface area contributed by atoms with Gasteiger partial charge >= 0.3 is 0 Å². The Morgan fingerprint density at radius 3 is 2.53 bits per heavy atom. The van der Waals surface area contributed by atoms with Gasteiger partial charge in [-0.2, -0.15) is 0 Å². The molecule has 1 aromatic heterocycles. The summed E-state index contributed by atoms with van der Waals surface area (Å²) in [5.74, 6) is 0. The van der Waals surface area contributed by atoms with Gasteiger partial charge in [0.25, 0.3) is 0 Å². The molecular weight excluding hydrogens is 192 g/mol. The van der Waals surface area contributed by atoms with Gasteiger partial charge in [-0.15, -0.1) is 0 Å². The molecule has 0 aliphatic carbocycles. The molecular formula is C11H18N2O2. The maximum absolute atomic E-state index is 9.07. The first-order chi connectivity index (χ1) is 7.09. The maximum Gasteiger partial charge on any atom is 0.0633 e. The number of aromatic nitrogens is 1. The molecule has 0 aromatic carbocycles. The smallest absolute Gasteiger partial charge is 0.0633 e. The molecule has 0 aliphatic heterocycles. The Bertz CT molecular complexity index is 311. The Hall–Kier alpha value is -0.970. The molecule has 0 atom stereocenters. The number of aryl methyl sites for hydroxylation is 1. The van der Waals surface area contributed by atoms with Crippen molar-refractivity contribution in [2.45, 2.75) is 25.9 Å². The van der Waals surface area contributed by atoms with Crippen LogP contribution < -0.4 is 5.32 Å². The molecule has 84 valence electrons. The summed E-state index contributed by atoms with van der Waals surface area (Å²) < 4.78 is 0. The number of rotatable bonds is 5. The highest BCUT2D eigenvalue weighted by Crippen LogP contribution is 2.04. The summed E-state index contributed by atoms with van der Waals surface area (Å²) in [6.45, 7) is 4.04. The van der Waals surface area contributed by atoms with Crippen LogP contribution in [0.4, 0.5) is 0 Å². The molecule has 4 heteroatoms. The number of hydrogen-bond donors (Lipinski definition) is 3. The van der Waals surface area contributed by atoms with Gasteiger partial charge in [-0.3, -0.25) is 4.98 Å². The zero-order valence-corrected chi connectivity index (χ0v) is 9.20. The Morgan fingerprint density at radius 1 is 1.33 bits per heavy atom. The van der Waals surface area contributed by atoms with E-state index in [9.17, 15) is 0 Å². The molecule has 15 heavy (non-hydrogen) atoms. The van der Waals surface area contributed by atoms with E-state index in [1.54, 1.807) is 6.92 Å². The van der Waals surface area contributed by atoms with Crippen molar-refractivity contribution in [1.29, 1.82) is 0 Å². The van der Waals surface area contributed by atoms with Crippen LogP contribution in [0, 0.1) is 6.92 Å². The van der Waals surface area contributed by atoms with E-state index in [1.165, 1.54) is 0 Å². The van der Waals surface area contributed by atoms with Gasteiger partial charge in [0, 0.05) is 12.2 Å². The van der Waals surface area contributed by atoms with Gasteiger partial charge in [0.15, 0.2) is 0 Å². The van der Waals surface area contributed by atoms with Crippen molar-refractivity contribution in [3.8, 4) is 0 Å². The molecule has 1 rings (SSSR count). The van der Waals surface area contributed by atoms with Gasteiger partial charge in [0.2, 0.25) is 0 Å². The summed E-state index contributed by atoms with van der Waals surface area (Å²) >= 11 is 0. The van der Waals surface area contributed by atoms with Gasteiger partial charge in [-0.05, 0) is 26.0 Å². The fourth-order valence-corrected chi connectivity index (χ4v) is 1.16. The van der Waals surface area contributed by atoms with Crippen molar-refractivity contribution in [3.63, 3.8) is 0 Å². The quantitative estimate of drug-likeness (QED) is 0.650. The zero-order chi connectivity index (χ0) is 11.3. The highest BCUT2D eigenvalue weighted by molar-refractivity contribution is 5.10. The van der Waals surface area contributed by atoms with E-state index in [0.717, 1.165) is 11.4 Å². The van der Waals surface area contributed by atoms with Crippen LogP contribution in [0.25, 0.3) is 0 Å². The largest absolute Gasteiger partial charge is 0.394 e. The van der Waals surface area contributed by atoms with Crippen LogP contribution in [-0.4, -0.2) is 33.9 Å². The summed E-state index contributed by atoms with van der Waals surface area (Å²) in [6.07, 6.45) is 0. The van der Waals surface area contributed by atoms with Gasteiger partial charge in [0.1, 0.15) is 0 Å². The highest BCUT2D eigenvalue weighted by Gasteiger charge is 2.21. The fourth-order valence-electron chi connectivity index (χ4n) is 1.16. The fraction of sp³-hybridized carbons (Fsp3) is 0.545. The summed E-state index contributed by atoms with van der Waals surface area (Å²) in [5, 5.41) is 21.2. The van der Waals surface area contributed by atoms with Crippen molar-refractivity contribution in [3.05, 3.63) is 29.6 Å². The van der Waals surface area contributed by atoms with Crippen LogP contribution in [-0.2, 0) is 6.54 Å². The van der Waals surface area contributed by atoms with Crippen LogP contribution in [0.2, 0.25) is 0 Å². The van der Waals surface area contributed by atoms with E-state index in [2.05, 4.69) is 10.3 Å². The van der Waals surface area contributed by atoms with Crippen LogP contribution >= 0.6 is 0 Å². The third-order valence-electron chi connectivity index (χ3n) is 2.34. The first-order valence-electron chi connectivity index (χ1n) is 4.99. The number of pyridine rings is 1. The summed E-state index contributed by atoms with van der Waals surface area (Å²) in [5.41, 5.74) is 1.22.